The molecule has 0 aliphatic carbocycles. The summed E-state index contributed by atoms with van der Waals surface area (Å²) in [4.78, 5) is 0. The molecule has 4 heteroatoms. The maximum Gasteiger partial charge on any atom is 0.189 e. The number of ether oxygens (including phenoxy) is 2. The molecule has 2 rings (SSSR count). The molecule has 0 N–H and O–H groups in total. The van der Waals surface area contributed by atoms with Crippen LogP contribution in [0.15, 0.2) is 12.1 Å². The van der Waals surface area contributed by atoms with Crippen LogP contribution >= 0.6 is 23.2 Å². The molecule has 1 aromatic carbocycles. The molecule has 0 spiro atoms. The van der Waals surface area contributed by atoms with Gasteiger partial charge in [-0.05, 0) is 6.07 Å². The molecule has 0 saturated carbocycles. The van der Waals surface area contributed by atoms with E-state index in [0.717, 1.165) is 11.3 Å². The average molecular weight is 205 g/mol. The van der Waals surface area contributed by atoms with E-state index in [1.54, 1.807) is 12.1 Å². The third-order valence-corrected chi connectivity index (χ3v) is 2.38. The van der Waals surface area contributed by atoms with Gasteiger partial charge in [-0.3, -0.25) is 0 Å². The minimum atomic E-state index is 0.283. The molecule has 12 heavy (non-hydrogen) atoms. The van der Waals surface area contributed by atoms with Crippen molar-refractivity contribution in [1.29, 1.82) is 0 Å². The molecule has 1 aliphatic heterocycles. The predicted octanol–water partition coefficient (Wildman–Crippen LogP) is 2.86. The summed E-state index contributed by atoms with van der Waals surface area (Å²) in [5.74, 6) is 0.760. The van der Waals surface area contributed by atoms with E-state index < -0.39 is 0 Å². The molecule has 0 fully saturated rings. The molecule has 64 valence electrons. The molecule has 0 bridgehead atoms. The fourth-order valence-electron chi connectivity index (χ4n) is 1.07. The minimum Gasteiger partial charge on any atom is -0.467 e. The standard InChI is InChI=1S/C8H6Cl2O2/c9-6-1-5-3-11-4-12-8(5)2-7(6)10/h1-2H,3-4H2. The van der Waals surface area contributed by atoms with Crippen molar-refractivity contribution in [3.8, 4) is 5.75 Å². The van der Waals surface area contributed by atoms with Crippen LogP contribution in [0.5, 0.6) is 5.75 Å². The fourth-order valence-corrected chi connectivity index (χ4v) is 1.41. The first-order chi connectivity index (χ1) is 5.77. The van der Waals surface area contributed by atoms with Gasteiger partial charge in [0.25, 0.3) is 0 Å². The Labute approximate surface area is 80.0 Å². The van der Waals surface area contributed by atoms with Crippen LogP contribution in [0.3, 0.4) is 0 Å². The first-order valence-electron chi connectivity index (χ1n) is 3.46. The maximum absolute atomic E-state index is 5.80. The summed E-state index contributed by atoms with van der Waals surface area (Å²) in [7, 11) is 0. The van der Waals surface area contributed by atoms with Gasteiger partial charge in [0.2, 0.25) is 0 Å². The van der Waals surface area contributed by atoms with Gasteiger partial charge in [-0.25, -0.2) is 0 Å². The molecule has 1 aromatic rings. The van der Waals surface area contributed by atoms with E-state index in [0.29, 0.717) is 16.7 Å². The maximum atomic E-state index is 5.80. The Morgan fingerprint density at radius 1 is 1.17 bits per heavy atom. The van der Waals surface area contributed by atoms with E-state index in [9.17, 15) is 0 Å². The van der Waals surface area contributed by atoms with Crippen molar-refractivity contribution in [2.75, 3.05) is 6.79 Å². The number of rotatable bonds is 0. The Hall–Kier alpha value is -0.440. The Morgan fingerprint density at radius 2 is 1.92 bits per heavy atom. The number of halogens is 2. The molecule has 0 aromatic heterocycles. The smallest absolute Gasteiger partial charge is 0.189 e. The van der Waals surface area contributed by atoms with Crippen LogP contribution < -0.4 is 4.74 Å². The molecule has 1 heterocycles. The Kier molecular flexibility index (Phi) is 2.13. The lowest BCUT2D eigenvalue weighted by atomic mass is 10.2. The second-order valence-corrected chi connectivity index (χ2v) is 3.30. The summed E-state index contributed by atoms with van der Waals surface area (Å²) in [6.45, 7) is 0.817. The summed E-state index contributed by atoms with van der Waals surface area (Å²) >= 11 is 11.6. The van der Waals surface area contributed by atoms with E-state index in [1.807, 2.05) is 0 Å². The van der Waals surface area contributed by atoms with Crippen LogP contribution in [0.2, 0.25) is 10.0 Å². The van der Waals surface area contributed by atoms with Crippen LogP contribution in [0, 0.1) is 0 Å². The van der Waals surface area contributed by atoms with E-state index in [-0.39, 0.29) is 6.79 Å². The first kappa shape index (κ1) is 8.17. The lowest BCUT2D eigenvalue weighted by Crippen LogP contribution is -2.10. The van der Waals surface area contributed by atoms with Crippen molar-refractivity contribution >= 4 is 23.2 Å². The molecular formula is C8H6Cl2O2. The van der Waals surface area contributed by atoms with Gasteiger partial charge in [0.05, 0.1) is 16.7 Å². The van der Waals surface area contributed by atoms with Gasteiger partial charge in [-0.2, -0.15) is 0 Å². The normalized spacial score (nSPS) is 15.2. The van der Waals surface area contributed by atoms with Crippen molar-refractivity contribution in [2.24, 2.45) is 0 Å². The second kappa shape index (κ2) is 3.13. The fraction of sp³-hybridized carbons (Fsp3) is 0.250. The summed E-state index contributed by atoms with van der Waals surface area (Å²) in [5, 5.41) is 1.04. The number of fused-ring (bicyclic) bond motifs is 1. The number of hydrogen-bond acceptors (Lipinski definition) is 2. The number of hydrogen-bond donors (Lipinski definition) is 0. The molecule has 0 amide bonds. The Balaban J connectivity index is 2.49. The van der Waals surface area contributed by atoms with Gasteiger partial charge < -0.3 is 9.47 Å². The molecular weight excluding hydrogens is 199 g/mol. The van der Waals surface area contributed by atoms with Crippen LogP contribution in [0.4, 0.5) is 0 Å². The summed E-state index contributed by atoms with van der Waals surface area (Å²) in [6, 6.07) is 3.47. The predicted molar refractivity (Wildman–Crippen MR) is 46.7 cm³/mol. The summed E-state index contributed by atoms with van der Waals surface area (Å²) in [6.07, 6.45) is 0. The van der Waals surface area contributed by atoms with Crippen molar-refractivity contribution in [3.05, 3.63) is 27.7 Å². The van der Waals surface area contributed by atoms with Gasteiger partial charge in [0.1, 0.15) is 5.75 Å². The van der Waals surface area contributed by atoms with Gasteiger partial charge in [0.15, 0.2) is 6.79 Å². The lowest BCUT2D eigenvalue weighted by Gasteiger charge is -2.17. The van der Waals surface area contributed by atoms with Crippen LogP contribution in [0.1, 0.15) is 5.56 Å². The van der Waals surface area contributed by atoms with Gasteiger partial charge in [-0.1, -0.05) is 23.2 Å². The zero-order chi connectivity index (χ0) is 8.55. The zero-order valence-electron chi connectivity index (χ0n) is 6.14. The zero-order valence-corrected chi connectivity index (χ0v) is 7.65. The van der Waals surface area contributed by atoms with E-state index in [4.69, 9.17) is 32.7 Å². The SMILES string of the molecule is Clc1cc2c(cc1Cl)OCOC2. The summed E-state index contributed by atoms with van der Waals surface area (Å²) < 4.78 is 10.3. The van der Waals surface area contributed by atoms with Crippen molar-refractivity contribution in [1.82, 2.24) is 0 Å². The Bertz CT molecular complexity index is 281. The Morgan fingerprint density at radius 3 is 2.75 bits per heavy atom. The van der Waals surface area contributed by atoms with Crippen molar-refractivity contribution < 1.29 is 9.47 Å². The summed E-state index contributed by atoms with van der Waals surface area (Å²) in [5.41, 5.74) is 0.940. The van der Waals surface area contributed by atoms with Gasteiger partial charge in [0, 0.05) is 11.6 Å². The largest absolute Gasteiger partial charge is 0.467 e. The van der Waals surface area contributed by atoms with E-state index >= 15 is 0 Å². The topological polar surface area (TPSA) is 18.5 Å². The van der Waals surface area contributed by atoms with E-state index in [2.05, 4.69) is 0 Å². The molecule has 2 nitrogen and oxygen atoms in total. The van der Waals surface area contributed by atoms with Crippen molar-refractivity contribution in [3.63, 3.8) is 0 Å². The first-order valence-corrected chi connectivity index (χ1v) is 4.21. The molecule has 0 saturated heterocycles. The quantitative estimate of drug-likeness (QED) is 0.648. The highest BCUT2D eigenvalue weighted by molar-refractivity contribution is 6.42. The second-order valence-electron chi connectivity index (χ2n) is 2.48. The van der Waals surface area contributed by atoms with Crippen LogP contribution in [-0.2, 0) is 11.3 Å². The third kappa shape index (κ3) is 1.38. The number of benzene rings is 1. The minimum absolute atomic E-state index is 0.283. The molecule has 0 unspecified atom stereocenters. The molecule has 1 aliphatic rings. The highest BCUT2D eigenvalue weighted by atomic mass is 35.5. The van der Waals surface area contributed by atoms with Crippen LogP contribution in [0.25, 0.3) is 0 Å². The highest BCUT2D eigenvalue weighted by Crippen LogP contribution is 2.32. The molecule has 0 radical (unpaired) electrons. The highest BCUT2D eigenvalue weighted by Gasteiger charge is 2.12. The van der Waals surface area contributed by atoms with Crippen molar-refractivity contribution in [2.45, 2.75) is 6.61 Å². The molecule has 0 atom stereocenters. The van der Waals surface area contributed by atoms with E-state index in [1.165, 1.54) is 0 Å². The van der Waals surface area contributed by atoms with Crippen LogP contribution in [-0.4, -0.2) is 6.79 Å². The average Bonchev–Trinajstić information content (AvgIpc) is 2.07. The lowest BCUT2D eigenvalue weighted by molar-refractivity contribution is -0.0163. The van der Waals surface area contributed by atoms with Gasteiger partial charge in [-0.15, -0.1) is 0 Å². The van der Waals surface area contributed by atoms with Gasteiger partial charge >= 0.3 is 0 Å². The monoisotopic (exact) mass is 204 g/mol. The third-order valence-electron chi connectivity index (χ3n) is 1.66.